The summed E-state index contributed by atoms with van der Waals surface area (Å²) in [4.78, 5) is 36.8. The third-order valence-corrected chi connectivity index (χ3v) is 5.04. The van der Waals surface area contributed by atoms with E-state index in [1.165, 1.54) is 0 Å². The van der Waals surface area contributed by atoms with Gasteiger partial charge in [0.2, 0.25) is 5.91 Å². The smallest absolute Gasteiger partial charge is 0.410 e. The van der Waals surface area contributed by atoms with Crippen molar-refractivity contribution in [2.24, 2.45) is 0 Å². The minimum Gasteiger partial charge on any atom is -0.458 e. The molecule has 2 atom stereocenters. The molecule has 160 valence electrons. The van der Waals surface area contributed by atoms with Gasteiger partial charge in [-0.3, -0.25) is 14.4 Å². The van der Waals surface area contributed by atoms with Crippen molar-refractivity contribution in [2.45, 2.75) is 65.0 Å². The zero-order chi connectivity index (χ0) is 21.5. The molecule has 2 aromatic rings. The number of hydrogen-bond acceptors (Lipinski definition) is 7. The van der Waals surface area contributed by atoms with E-state index < -0.39 is 5.60 Å². The average molecular weight is 414 g/mol. The van der Waals surface area contributed by atoms with E-state index in [1.54, 1.807) is 34.5 Å². The van der Waals surface area contributed by atoms with Crippen LogP contribution in [0.4, 0.5) is 10.5 Å². The molecule has 0 aromatic carbocycles. The maximum Gasteiger partial charge on any atom is 0.410 e. The lowest BCUT2D eigenvalue weighted by molar-refractivity contribution is -0.117. The van der Waals surface area contributed by atoms with Crippen LogP contribution in [0.3, 0.4) is 0 Å². The van der Waals surface area contributed by atoms with Crippen LogP contribution in [0.5, 0.6) is 6.01 Å². The molecule has 2 amide bonds. The van der Waals surface area contributed by atoms with Crippen LogP contribution in [0.2, 0.25) is 0 Å². The standard InChI is InChI=1S/C20H26N6O4/c1-13-10-26-16(12-24(13)19(28)30-20(2,3)4)15(9-23-26)25-11-14(8-17(25)27)29-18-21-6-5-7-22-18/h5-7,9,13-14H,8,10-12H2,1-4H3. The predicted octanol–water partition coefficient (Wildman–Crippen LogP) is 2.00. The molecule has 0 saturated carbocycles. The lowest BCUT2D eigenvalue weighted by atomic mass is 10.2. The number of fused-ring (bicyclic) bond motifs is 1. The summed E-state index contributed by atoms with van der Waals surface area (Å²) < 4.78 is 13.2. The molecule has 2 aromatic heterocycles. The summed E-state index contributed by atoms with van der Waals surface area (Å²) in [6.07, 6.45) is 4.38. The van der Waals surface area contributed by atoms with Crippen molar-refractivity contribution in [3.63, 3.8) is 0 Å². The minimum absolute atomic E-state index is 0.0610. The number of rotatable bonds is 3. The topological polar surface area (TPSA) is 103 Å². The van der Waals surface area contributed by atoms with Crippen molar-refractivity contribution in [3.8, 4) is 6.01 Å². The van der Waals surface area contributed by atoms with Crippen LogP contribution in [0, 0.1) is 0 Å². The van der Waals surface area contributed by atoms with Crippen LogP contribution in [0.1, 0.15) is 39.8 Å². The first-order chi connectivity index (χ1) is 14.2. The first kappa shape index (κ1) is 20.1. The Bertz CT molecular complexity index is 939. The van der Waals surface area contributed by atoms with E-state index in [9.17, 15) is 9.59 Å². The molecule has 4 heterocycles. The third-order valence-electron chi connectivity index (χ3n) is 5.04. The first-order valence-electron chi connectivity index (χ1n) is 9.99. The van der Waals surface area contributed by atoms with Crippen molar-refractivity contribution in [2.75, 3.05) is 11.4 Å². The molecule has 0 N–H and O–H groups in total. The summed E-state index contributed by atoms with van der Waals surface area (Å²) in [5, 5.41) is 4.44. The lowest BCUT2D eigenvalue weighted by Gasteiger charge is -2.36. The van der Waals surface area contributed by atoms with E-state index in [0.29, 0.717) is 25.3 Å². The van der Waals surface area contributed by atoms with Gasteiger partial charge in [0.25, 0.3) is 0 Å². The predicted molar refractivity (Wildman–Crippen MR) is 107 cm³/mol. The van der Waals surface area contributed by atoms with Crippen LogP contribution in [0.15, 0.2) is 24.7 Å². The molecule has 10 nitrogen and oxygen atoms in total. The fraction of sp³-hybridized carbons (Fsp3) is 0.550. The van der Waals surface area contributed by atoms with E-state index in [4.69, 9.17) is 9.47 Å². The van der Waals surface area contributed by atoms with Crippen molar-refractivity contribution < 1.29 is 19.1 Å². The normalized spacial score (nSPS) is 21.5. The van der Waals surface area contributed by atoms with Gasteiger partial charge in [-0.05, 0) is 33.8 Å². The number of anilines is 1. The maximum absolute atomic E-state index is 12.7. The maximum atomic E-state index is 12.7. The number of hydrogen-bond donors (Lipinski definition) is 0. The van der Waals surface area contributed by atoms with E-state index in [2.05, 4.69) is 15.1 Å². The van der Waals surface area contributed by atoms with E-state index in [-0.39, 0.29) is 36.6 Å². The molecule has 1 fully saturated rings. The zero-order valence-corrected chi connectivity index (χ0v) is 17.6. The van der Waals surface area contributed by atoms with Crippen LogP contribution in [-0.4, -0.2) is 60.9 Å². The Balaban J connectivity index is 1.51. The summed E-state index contributed by atoms with van der Waals surface area (Å²) in [5.74, 6) is -0.0610. The summed E-state index contributed by atoms with van der Waals surface area (Å²) in [6.45, 7) is 8.71. The van der Waals surface area contributed by atoms with Crippen LogP contribution < -0.4 is 9.64 Å². The molecule has 4 rings (SSSR count). The Kier molecular flexibility index (Phi) is 5.08. The molecular weight excluding hydrogens is 388 g/mol. The van der Waals surface area contributed by atoms with Crippen LogP contribution >= 0.6 is 0 Å². The van der Waals surface area contributed by atoms with Gasteiger partial charge in [0.15, 0.2) is 0 Å². The highest BCUT2D eigenvalue weighted by molar-refractivity contribution is 5.96. The monoisotopic (exact) mass is 414 g/mol. The van der Waals surface area contributed by atoms with Gasteiger partial charge in [-0.15, -0.1) is 0 Å². The van der Waals surface area contributed by atoms with Gasteiger partial charge in [-0.25, -0.2) is 14.8 Å². The van der Waals surface area contributed by atoms with Crippen LogP contribution in [0.25, 0.3) is 0 Å². The second kappa shape index (κ2) is 7.58. The van der Waals surface area contributed by atoms with E-state index in [1.807, 2.05) is 32.4 Å². The number of nitrogens with zero attached hydrogens (tertiary/aromatic N) is 6. The van der Waals surface area contributed by atoms with Gasteiger partial charge < -0.3 is 14.4 Å². The molecule has 0 radical (unpaired) electrons. The zero-order valence-electron chi connectivity index (χ0n) is 17.6. The highest BCUT2D eigenvalue weighted by Crippen LogP contribution is 2.31. The van der Waals surface area contributed by atoms with E-state index >= 15 is 0 Å². The lowest BCUT2D eigenvalue weighted by Crippen LogP contribution is -2.47. The summed E-state index contributed by atoms with van der Waals surface area (Å²) >= 11 is 0. The fourth-order valence-corrected chi connectivity index (χ4v) is 3.66. The molecule has 2 aliphatic heterocycles. The van der Waals surface area contributed by atoms with Gasteiger partial charge in [-0.1, -0.05) is 0 Å². The van der Waals surface area contributed by atoms with Gasteiger partial charge in [0.1, 0.15) is 11.7 Å². The van der Waals surface area contributed by atoms with Crippen molar-refractivity contribution in [1.82, 2.24) is 24.6 Å². The highest BCUT2D eigenvalue weighted by atomic mass is 16.6. The molecule has 30 heavy (non-hydrogen) atoms. The molecule has 2 aliphatic rings. The molecule has 0 aliphatic carbocycles. The van der Waals surface area contributed by atoms with Gasteiger partial charge in [-0.2, -0.15) is 5.10 Å². The number of carbonyl (C=O) groups excluding carboxylic acids is 2. The van der Waals surface area contributed by atoms with Crippen LogP contribution in [-0.2, 0) is 22.6 Å². The second-order valence-electron chi connectivity index (χ2n) is 8.60. The number of amides is 2. The Morgan fingerprint density at radius 2 is 1.93 bits per heavy atom. The highest BCUT2D eigenvalue weighted by Gasteiger charge is 2.38. The molecule has 2 unspecified atom stereocenters. The molecular formula is C20H26N6O4. The SMILES string of the molecule is CC1Cn2ncc(N3CC(Oc4ncccn4)CC3=O)c2CN1C(=O)OC(C)(C)C. The Morgan fingerprint density at radius 3 is 2.63 bits per heavy atom. The Labute approximate surface area is 174 Å². The fourth-order valence-electron chi connectivity index (χ4n) is 3.66. The average Bonchev–Trinajstić information content (AvgIpc) is 3.22. The largest absolute Gasteiger partial charge is 0.458 e. The molecule has 0 spiro atoms. The Morgan fingerprint density at radius 1 is 1.20 bits per heavy atom. The number of ether oxygens (including phenoxy) is 2. The number of aromatic nitrogens is 4. The first-order valence-corrected chi connectivity index (χ1v) is 9.99. The summed E-state index contributed by atoms with van der Waals surface area (Å²) in [6, 6.07) is 1.88. The van der Waals surface area contributed by atoms with Gasteiger partial charge >= 0.3 is 12.1 Å². The van der Waals surface area contributed by atoms with E-state index in [0.717, 1.165) is 5.69 Å². The third kappa shape index (κ3) is 4.07. The van der Waals surface area contributed by atoms with Crippen molar-refractivity contribution in [1.29, 1.82) is 0 Å². The summed E-state index contributed by atoms with van der Waals surface area (Å²) in [5.41, 5.74) is 0.927. The second-order valence-corrected chi connectivity index (χ2v) is 8.60. The molecule has 10 heteroatoms. The Hall–Kier alpha value is -3.17. The van der Waals surface area contributed by atoms with Gasteiger partial charge in [0.05, 0.1) is 49.7 Å². The quantitative estimate of drug-likeness (QED) is 0.757. The molecule has 1 saturated heterocycles. The molecule has 0 bridgehead atoms. The van der Waals surface area contributed by atoms with Gasteiger partial charge in [0, 0.05) is 12.4 Å². The number of carbonyl (C=O) groups is 2. The summed E-state index contributed by atoms with van der Waals surface area (Å²) in [7, 11) is 0. The van der Waals surface area contributed by atoms with Crippen molar-refractivity contribution in [3.05, 3.63) is 30.4 Å². The minimum atomic E-state index is -0.577. The van der Waals surface area contributed by atoms with Crippen molar-refractivity contribution >= 4 is 17.7 Å².